The fourth-order valence-corrected chi connectivity index (χ4v) is 3.08. The molecular formula is C14H19ClN2. The molecule has 3 rings (SSSR count). The van der Waals surface area contributed by atoms with Gasteiger partial charge < -0.3 is 5.32 Å². The Bertz CT molecular complexity index is 384. The van der Waals surface area contributed by atoms with Crippen LogP contribution in [0.3, 0.4) is 0 Å². The predicted molar refractivity (Wildman–Crippen MR) is 71.4 cm³/mol. The van der Waals surface area contributed by atoms with Gasteiger partial charge in [0.1, 0.15) is 0 Å². The van der Waals surface area contributed by atoms with E-state index in [0.29, 0.717) is 6.04 Å². The maximum atomic E-state index is 6.37. The van der Waals surface area contributed by atoms with Crippen molar-refractivity contribution >= 4 is 11.6 Å². The molecule has 1 atom stereocenters. The van der Waals surface area contributed by atoms with Gasteiger partial charge in [-0.15, -0.1) is 0 Å². The molecule has 1 N–H and O–H groups in total. The summed E-state index contributed by atoms with van der Waals surface area (Å²) in [5, 5.41) is 4.35. The minimum Gasteiger partial charge on any atom is -0.314 e. The van der Waals surface area contributed by atoms with Crippen LogP contribution in [0.25, 0.3) is 0 Å². The molecule has 3 heteroatoms. The highest BCUT2D eigenvalue weighted by atomic mass is 35.5. The Morgan fingerprint density at radius 2 is 1.88 bits per heavy atom. The van der Waals surface area contributed by atoms with Crippen LogP contribution in [0.5, 0.6) is 0 Å². The SMILES string of the molecule is Clc1ccccc1[C@H](C1CC1)N1CCNCC1. The molecule has 2 aliphatic rings. The Hall–Kier alpha value is -0.570. The van der Waals surface area contributed by atoms with Gasteiger partial charge in [-0.3, -0.25) is 4.90 Å². The van der Waals surface area contributed by atoms with E-state index in [1.807, 2.05) is 12.1 Å². The highest BCUT2D eigenvalue weighted by Crippen LogP contribution is 2.46. The van der Waals surface area contributed by atoms with Gasteiger partial charge in [-0.1, -0.05) is 29.8 Å². The highest BCUT2D eigenvalue weighted by Gasteiger charge is 2.37. The van der Waals surface area contributed by atoms with Crippen molar-refractivity contribution in [2.75, 3.05) is 26.2 Å². The Labute approximate surface area is 108 Å². The normalized spacial score (nSPS) is 23.6. The first kappa shape index (κ1) is 11.5. The van der Waals surface area contributed by atoms with Crippen molar-refractivity contribution in [3.8, 4) is 0 Å². The van der Waals surface area contributed by atoms with E-state index in [0.717, 1.165) is 37.1 Å². The van der Waals surface area contributed by atoms with Gasteiger partial charge in [-0.05, 0) is 30.4 Å². The lowest BCUT2D eigenvalue weighted by atomic mass is 10.00. The zero-order valence-corrected chi connectivity index (χ0v) is 10.8. The largest absolute Gasteiger partial charge is 0.314 e. The van der Waals surface area contributed by atoms with Crippen LogP contribution in [-0.2, 0) is 0 Å². The number of benzene rings is 1. The van der Waals surface area contributed by atoms with Crippen molar-refractivity contribution < 1.29 is 0 Å². The van der Waals surface area contributed by atoms with Gasteiger partial charge in [0.2, 0.25) is 0 Å². The molecule has 1 heterocycles. The molecule has 0 radical (unpaired) electrons. The molecule has 0 bridgehead atoms. The molecule has 0 spiro atoms. The molecule has 1 aliphatic heterocycles. The zero-order valence-electron chi connectivity index (χ0n) is 10.0. The summed E-state index contributed by atoms with van der Waals surface area (Å²) in [6, 6.07) is 8.90. The van der Waals surface area contributed by atoms with Crippen LogP contribution in [0.2, 0.25) is 5.02 Å². The third kappa shape index (κ3) is 2.49. The van der Waals surface area contributed by atoms with E-state index in [2.05, 4.69) is 22.3 Å². The summed E-state index contributed by atoms with van der Waals surface area (Å²) in [7, 11) is 0. The van der Waals surface area contributed by atoms with Crippen LogP contribution in [0.15, 0.2) is 24.3 Å². The molecule has 1 aromatic carbocycles. The number of halogens is 1. The fraction of sp³-hybridized carbons (Fsp3) is 0.571. The molecule has 1 aliphatic carbocycles. The zero-order chi connectivity index (χ0) is 11.7. The standard InChI is InChI=1S/C14H19ClN2/c15-13-4-2-1-3-12(13)14(11-5-6-11)17-9-7-16-8-10-17/h1-4,11,14,16H,5-10H2/t14-/m0/s1. The van der Waals surface area contributed by atoms with Gasteiger partial charge in [-0.25, -0.2) is 0 Å². The Balaban J connectivity index is 1.86. The van der Waals surface area contributed by atoms with Gasteiger partial charge in [-0.2, -0.15) is 0 Å². The first-order valence-corrected chi connectivity index (χ1v) is 6.93. The second kappa shape index (κ2) is 4.97. The van der Waals surface area contributed by atoms with E-state index < -0.39 is 0 Å². The Morgan fingerprint density at radius 1 is 1.18 bits per heavy atom. The molecule has 0 unspecified atom stereocenters. The predicted octanol–water partition coefficient (Wildman–Crippen LogP) is 2.70. The summed E-state index contributed by atoms with van der Waals surface area (Å²) in [6.07, 6.45) is 2.72. The van der Waals surface area contributed by atoms with Crippen molar-refractivity contribution in [1.82, 2.24) is 10.2 Å². The van der Waals surface area contributed by atoms with Crippen molar-refractivity contribution in [3.63, 3.8) is 0 Å². The van der Waals surface area contributed by atoms with E-state index in [-0.39, 0.29) is 0 Å². The van der Waals surface area contributed by atoms with Crippen molar-refractivity contribution in [1.29, 1.82) is 0 Å². The number of hydrogen-bond donors (Lipinski definition) is 1. The van der Waals surface area contributed by atoms with Gasteiger partial charge in [0.05, 0.1) is 0 Å². The first-order valence-electron chi connectivity index (χ1n) is 6.55. The molecule has 17 heavy (non-hydrogen) atoms. The van der Waals surface area contributed by atoms with Crippen molar-refractivity contribution in [2.45, 2.75) is 18.9 Å². The van der Waals surface area contributed by atoms with Gasteiger partial charge in [0.25, 0.3) is 0 Å². The lowest BCUT2D eigenvalue weighted by molar-refractivity contribution is 0.156. The molecule has 1 aromatic rings. The summed E-state index contributed by atoms with van der Waals surface area (Å²) >= 11 is 6.37. The summed E-state index contributed by atoms with van der Waals surface area (Å²) in [5.74, 6) is 0.827. The van der Waals surface area contributed by atoms with Crippen LogP contribution in [0.4, 0.5) is 0 Å². The van der Waals surface area contributed by atoms with Crippen LogP contribution in [0, 0.1) is 5.92 Å². The molecule has 1 saturated heterocycles. The lowest BCUT2D eigenvalue weighted by Gasteiger charge is -2.35. The van der Waals surface area contributed by atoms with E-state index >= 15 is 0 Å². The monoisotopic (exact) mass is 250 g/mol. The van der Waals surface area contributed by atoms with E-state index in [1.165, 1.54) is 18.4 Å². The van der Waals surface area contributed by atoms with Gasteiger partial charge in [0, 0.05) is 37.2 Å². The van der Waals surface area contributed by atoms with Crippen molar-refractivity contribution in [3.05, 3.63) is 34.9 Å². The Morgan fingerprint density at radius 3 is 2.53 bits per heavy atom. The number of nitrogens with one attached hydrogen (secondary N) is 1. The maximum Gasteiger partial charge on any atom is 0.0453 e. The van der Waals surface area contributed by atoms with E-state index in [4.69, 9.17) is 11.6 Å². The molecule has 1 saturated carbocycles. The van der Waals surface area contributed by atoms with E-state index in [9.17, 15) is 0 Å². The van der Waals surface area contributed by atoms with Crippen LogP contribution < -0.4 is 5.32 Å². The third-order valence-electron chi connectivity index (χ3n) is 3.84. The number of piperazine rings is 1. The summed E-state index contributed by atoms with van der Waals surface area (Å²) in [6.45, 7) is 4.50. The molecule has 2 fully saturated rings. The minimum atomic E-state index is 0.547. The minimum absolute atomic E-state index is 0.547. The van der Waals surface area contributed by atoms with E-state index in [1.54, 1.807) is 0 Å². The first-order chi connectivity index (χ1) is 8.36. The van der Waals surface area contributed by atoms with Gasteiger partial charge >= 0.3 is 0 Å². The maximum absolute atomic E-state index is 6.37. The summed E-state index contributed by atoms with van der Waals surface area (Å²) in [5.41, 5.74) is 1.33. The topological polar surface area (TPSA) is 15.3 Å². The Kier molecular flexibility index (Phi) is 3.37. The van der Waals surface area contributed by atoms with Crippen molar-refractivity contribution in [2.24, 2.45) is 5.92 Å². The summed E-state index contributed by atoms with van der Waals surface area (Å²) in [4.78, 5) is 2.61. The third-order valence-corrected chi connectivity index (χ3v) is 4.18. The lowest BCUT2D eigenvalue weighted by Crippen LogP contribution is -2.45. The van der Waals surface area contributed by atoms with Crippen LogP contribution in [-0.4, -0.2) is 31.1 Å². The number of hydrogen-bond acceptors (Lipinski definition) is 2. The smallest absolute Gasteiger partial charge is 0.0453 e. The average Bonchev–Trinajstić information content (AvgIpc) is 3.18. The molecular weight excluding hydrogens is 232 g/mol. The van der Waals surface area contributed by atoms with Crippen LogP contribution >= 0.6 is 11.6 Å². The highest BCUT2D eigenvalue weighted by molar-refractivity contribution is 6.31. The fourth-order valence-electron chi connectivity index (χ4n) is 2.84. The number of rotatable bonds is 3. The quantitative estimate of drug-likeness (QED) is 0.888. The molecule has 0 amide bonds. The van der Waals surface area contributed by atoms with Gasteiger partial charge in [0.15, 0.2) is 0 Å². The van der Waals surface area contributed by atoms with Crippen LogP contribution in [0.1, 0.15) is 24.4 Å². The second-order valence-electron chi connectivity index (χ2n) is 5.09. The average molecular weight is 251 g/mol. The second-order valence-corrected chi connectivity index (χ2v) is 5.50. The molecule has 2 nitrogen and oxygen atoms in total. The molecule has 0 aromatic heterocycles. The number of nitrogens with zero attached hydrogens (tertiary/aromatic N) is 1. The molecule has 92 valence electrons. The summed E-state index contributed by atoms with van der Waals surface area (Å²) < 4.78 is 0.